The number of esters is 2. The number of hydrogen-bond donors (Lipinski definition) is 1. The Morgan fingerprint density at radius 1 is 1.15 bits per heavy atom. The van der Waals surface area contributed by atoms with Gasteiger partial charge in [-0.2, -0.15) is 0 Å². The van der Waals surface area contributed by atoms with E-state index in [4.69, 9.17) is 9.47 Å². The van der Waals surface area contributed by atoms with E-state index in [2.05, 4.69) is 11.4 Å². The van der Waals surface area contributed by atoms with E-state index in [-0.39, 0.29) is 17.6 Å². The monoisotopic (exact) mass is 479 g/mol. The third kappa shape index (κ3) is 4.99. The Hall–Kier alpha value is -3.19. The molecule has 4 rings (SSSR count). The Kier molecular flexibility index (Phi) is 7.03. The largest absolute Gasteiger partial charge is 0.462 e. The summed E-state index contributed by atoms with van der Waals surface area (Å²) >= 11 is 1.66. The van der Waals surface area contributed by atoms with Crippen molar-refractivity contribution in [1.82, 2.24) is 5.32 Å². The van der Waals surface area contributed by atoms with Gasteiger partial charge in [-0.25, -0.2) is 4.79 Å². The number of benzene rings is 1. The summed E-state index contributed by atoms with van der Waals surface area (Å²) in [7, 11) is 0. The predicted octanol–water partition coefficient (Wildman–Crippen LogP) is 5.23. The van der Waals surface area contributed by atoms with Gasteiger partial charge in [-0.3, -0.25) is 9.59 Å². The van der Waals surface area contributed by atoms with Gasteiger partial charge in [-0.05, 0) is 48.4 Å². The normalized spacial score (nSPS) is 20.2. The third-order valence-electron chi connectivity index (χ3n) is 6.02. The third-order valence-corrected chi connectivity index (χ3v) is 7.05. The minimum atomic E-state index is -0.543. The number of nitrogens with one attached hydrogen (secondary N) is 1. The topological polar surface area (TPSA) is 81.7 Å². The van der Waals surface area contributed by atoms with Gasteiger partial charge in [-0.1, -0.05) is 32.0 Å². The molecule has 1 aliphatic heterocycles. The fourth-order valence-electron chi connectivity index (χ4n) is 4.58. The van der Waals surface area contributed by atoms with E-state index in [9.17, 15) is 14.4 Å². The van der Waals surface area contributed by atoms with Crippen molar-refractivity contribution in [1.29, 1.82) is 0 Å². The molecule has 0 bridgehead atoms. The van der Waals surface area contributed by atoms with Crippen LogP contribution in [0.15, 0.2) is 64.3 Å². The molecule has 0 saturated carbocycles. The number of Topliss-reactive ketones (excluding diaryl/α,β-unsaturated/α-hetero) is 1. The number of ketones is 1. The maximum Gasteiger partial charge on any atom is 0.336 e. The first kappa shape index (κ1) is 24.0. The number of ether oxygens (including phenoxy) is 2. The molecule has 1 aliphatic carbocycles. The molecule has 7 heteroatoms. The lowest BCUT2D eigenvalue weighted by atomic mass is 9.72. The standard InChI is InChI=1S/C27H29NO5S/c1-15(2)14-32-27(31)24-16(3)28-21-12-19(23-6-5-11-34-23)13-22(30)26(21)25(24)18-7-9-20(10-8-18)33-17(4)29/h5-11,15,19,25,28H,12-14H2,1-4H3/t19-,25+/m1/s1. The molecule has 34 heavy (non-hydrogen) atoms. The van der Waals surface area contributed by atoms with Crippen molar-refractivity contribution >= 4 is 29.1 Å². The molecule has 1 aromatic carbocycles. The van der Waals surface area contributed by atoms with E-state index in [1.54, 1.807) is 35.6 Å². The lowest BCUT2D eigenvalue weighted by molar-refractivity contribution is -0.140. The number of carbonyl (C=O) groups is 3. The summed E-state index contributed by atoms with van der Waals surface area (Å²) in [6.45, 7) is 7.46. The molecule has 1 N–H and O–H groups in total. The lowest BCUT2D eigenvalue weighted by Gasteiger charge is -2.36. The first-order valence-electron chi connectivity index (χ1n) is 11.5. The molecule has 2 aliphatic rings. The molecule has 0 saturated heterocycles. The second-order valence-corrected chi connectivity index (χ2v) is 10.2. The minimum Gasteiger partial charge on any atom is -0.462 e. The quantitative estimate of drug-likeness (QED) is 0.451. The average Bonchev–Trinajstić information content (AvgIpc) is 3.31. The van der Waals surface area contributed by atoms with Gasteiger partial charge in [0.15, 0.2) is 5.78 Å². The molecule has 2 aromatic rings. The molecular formula is C27H29NO5S. The molecule has 0 fully saturated rings. The van der Waals surface area contributed by atoms with Crippen molar-refractivity contribution < 1.29 is 23.9 Å². The molecule has 0 unspecified atom stereocenters. The molecule has 178 valence electrons. The maximum atomic E-state index is 13.5. The van der Waals surface area contributed by atoms with E-state index < -0.39 is 17.9 Å². The highest BCUT2D eigenvalue weighted by Crippen LogP contribution is 2.46. The van der Waals surface area contributed by atoms with Crippen LogP contribution in [-0.4, -0.2) is 24.3 Å². The summed E-state index contributed by atoms with van der Waals surface area (Å²) in [4.78, 5) is 39.3. The van der Waals surface area contributed by atoms with E-state index >= 15 is 0 Å². The van der Waals surface area contributed by atoms with E-state index in [1.807, 2.05) is 32.2 Å². The van der Waals surface area contributed by atoms with Crippen LogP contribution in [0.25, 0.3) is 0 Å². The highest BCUT2D eigenvalue weighted by atomic mass is 32.1. The summed E-state index contributed by atoms with van der Waals surface area (Å²) in [5, 5.41) is 5.40. The molecule has 1 aromatic heterocycles. The van der Waals surface area contributed by atoms with Crippen molar-refractivity contribution in [3.8, 4) is 5.75 Å². The fourth-order valence-corrected chi connectivity index (χ4v) is 5.41. The van der Waals surface area contributed by atoms with E-state index in [1.165, 1.54) is 11.8 Å². The van der Waals surface area contributed by atoms with Gasteiger partial charge in [0.1, 0.15) is 5.75 Å². The summed E-state index contributed by atoms with van der Waals surface area (Å²) in [6.07, 6.45) is 1.10. The van der Waals surface area contributed by atoms with Crippen molar-refractivity contribution in [3.05, 3.63) is 74.8 Å². The van der Waals surface area contributed by atoms with Crippen LogP contribution in [0, 0.1) is 5.92 Å². The molecular weight excluding hydrogens is 450 g/mol. The molecule has 0 spiro atoms. The second kappa shape index (κ2) is 9.97. The van der Waals surface area contributed by atoms with Gasteiger partial charge in [0.05, 0.1) is 12.2 Å². The summed E-state index contributed by atoms with van der Waals surface area (Å²) in [5.41, 5.74) is 3.41. The van der Waals surface area contributed by atoms with Crippen molar-refractivity contribution in [2.45, 2.75) is 52.4 Å². The SMILES string of the molecule is CC(=O)Oc1ccc([C@H]2C(C(=O)OCC(C)C)=C(C)NC3=C2C(=O)C[C@H](c2cccs2)C3)cc1. The van der Waals surface area contributed by atoms with Crippen molar-refractivity contribution in [2.24, 2.45) is 5.92 Å². The van der Waals surface area contributed by atoms with Crippen LogP contribution in [0.5, 0.6) is 5.75 Å². The maximum absolute atomic E-state index is 13.5. The predicted molar refractivity (Wildman–Crippen MR) is 130 cm³/mol. The van der Waals surface area contributed by atoms with Crippen LogP contribution >= 0.6 is 11.3 Å². The Morgan fingerprint density at radius 2 is 1.88 bits per heavy atom. The van der Waals surface area contributed by atoms with Crippen LogP contribution in [0.4, 0.5) is 0 Å². The van der Waals surface area contributed by atoms with E-state index in [0.29, 0.717) is 42.0 Å². The Labute approximate surface area is 203 Å². The first-order valence-corrected chi connectivity index (χ1v) is 12.4. The number of rotatable bonds is 6. The summed E-state index contributed by atoms with van der Waals surface area (Å²) in [6, 6.07) is 11.1. The van der Waals surface area contributed by atoms with Crippen molar-refractivity contribution in [2.75, 3.05) is 6.61 Å². The van der Waals surface area contributed by atoms with Crippen molar-refractivity contribution in [3.63, 3.8) is 0 Å². The lowest BCUT2D eigenvalue weighted by Crippen LogP contribution is -2.36. The van der Waals surface area contributed by atoms with Gasteiger partial charge in [-0.15, -0.1) is 11.3 Å². The van der Waals surface area contributed by atoms with Crippen LogP contribution in [0.3, 0.4) is 0 Å². The molecule has 0 amide bonds. The summed E-state index contributed by atoms with van der Waals surface area (Å²) < 4.78 is 10.8. The minimum absolute atomic E-state index is 0.0304. The second-order valence-electron chi connectivity index (χ2n) is 9.19. The zero-order valence-electron chi connectivity index (χ0n) is 19.8. The molecule has 2 atom stereocenters. The van der Waals surface area contributed by atoms with Gasteiger partial charge < -0.3 is 14.8 Å². The highest BCUT2D eigenvalue weighted by molar-refractivity contribution is 7.10. The smallest absolute Gasteiger partial charge is 0.336 e. The molecule has 2 heterocycles. The Morgan fingerprint density at radius 3 is 2.50 bits per heavy atom. The Bertz CT molecular complexity index is 1160. The number of dihydropyridines is 1. The zero-order valence-corrected chi connectivity index (χ0v) is 20.7. The zero-order chi connectivity index (χ0) is 24.4. The van der Waals surface area contributed by atoms with E-state index in [0.717, 1.165) is 11.3 Å². The van der Waals surface area contributed by atoms with Crippen LogP contribution in [0.1, 0.15) is 62.8 Å². The fraction of sp³-hybridized carbons (Fsp3) is 0.370. The number of thiophene rings is 1. The van der Waals surface area contributed by atoms with Gasteiger partial charge >= 0.3 is 11.9 Å². The number of carbonyl (C=O) groups excluding carboxylic acids is 3. The van der Waals surface area contributed by atoms with Gasteiger partial charge in [0.2, 0.25) is 0 Å². The number of hydrogen-bond acceptors (Lipinski definition) is 7. The number of allylic oxidation sites excluding steroid dienone is 3. The van der Waals surface area contributed by atoms with Crippen LogP contribution in [0.2, 0.25) is 0 Å². The molecule has 0 radical (unpaired) electrons. The van der Waals surface area contributed by atoms with Gasteiger partial charge in [0, 0.05) is 47.0 Å². The van der Waals surface area contributed by atoms with Gasteiger partial charge in [0.25, 0.3) is 0 Å². The van der Waals surface area contributed by atoms with Crippen LogP contribution in [-0.2, 0) is 19.1 Å². The Balaban J connectivity index is 1.75. The average molecular weight is 480 g/mol. The summed E-state index contributed by atoms with van der Waals surface area (Å²) in [5.74, 6) is -0.616. The molecule has 6 nitrogen and oxygen atoms in total. The van der Waals surface area contributed by atoms with Crippen LogP contribution < -0.4 is 10.1 Å². The highest BCUT2D eigenvalue weighted by Gasteiger charge is 2.41. The first-order chi connectivity index (χ1) is 16.2.